The molecule has 0 aliphatic carbocycles. The SMILES string of the molecule is O=C1CCC(N2C(=O)c3ccc(CN4CCCC(c5cc(N6CCNCC6)n[nH]5)C4)cc3C2=O)C(=O)N1. The third-order valence-electron chi connectivity index (χ3n) is 7.88. The summed E-state index contributed by atoms with van der Waals surface area (Å²) in [5, 5.41) is 13.4. The lowest BCUT2D eigenvalue weighted by atomic mass is 9.94. The minimum absolute atomic E-state index is 0.109. The van der Waals surface area contributed by atoms with Crippen LogP contribution in [0.1, 0.15) is 63.6 Å². The predicted molar refractivity (Wildman–Crippen MR) is 134 cm³/mol. The molecule has 0 radical (unpaired) electrons. The van der Waals surface area contributed by atoms with Gasteiger partial charge in [0.15, 0.2) is 5.82 Å². The largest absolute Gasteiger partial charge is 0.353 e. The molecular formula is C26H31N7O4. The van der Waals surface area contributed by atoms with Gasteiger partial charge in [0.2, 0.25) is 11.8 Å². The van der Waals surface area contributed by atoms with Gasteiger partial charge in [-0.25, -0.2) is 0 Å². The third-order valence-corrected chi connectivity index (χ3v) is 7.88. The Morgan fingerprint density at radius 3 is 2.57 bits per heavy atom. The van der Waals surface area contributed by atoms with Gasteiger partial charge >= 0.3 is 0 Å². The fourth-order valence-electron chi connectivity index (χ4n) is 5.92. The van der Waals surface area contributed by atoms with Crippen LogP contribution >= 0.6 is 0 Å². The van der Waals surface area contributed by atoms with Crippen molar-refractivity contribution in [3.8, 4) is 0 Å². The van der Waals surface area contributed by atoms with Gasteiger partial charge in [-0.05, 0) is 43.5 Å². The van der Waals surface area contributed by atoms with Crippen LogP contribution in [-0.4, -0.2) is 88.9 Å². The molecule has 11 nitrogen and oxygen atoms in total. The molecule has 0 saturated carbocycles. The van der Waals surface area contributed by atoms with E-state index in [1.165, 1.54) is 0 Å². The van der Waals surface area contributed by atoms with Crippen LogP contribution in [0.3, 0.4) is 0 Å². The topological polar surface area (TPSA) is 131 Å². The van der Waals surface area contributed by atoms with E-state index in [0.717, 1.165) is 74.1 Å². The number of piperazine rings is 1. The molecule has 1 aromatic heterocycles. The molecule has 3 saturated heterocycles. The summed E-state index contributed by atoms with van der Waals surface area (Å²) in [5.41, 5.74) is 2.76. The Kier molecular flexibility index (Phi) is 6.25. The molecule has 4 aliphatic heterocycles. The number of fused-ring (bicyclic) bond motifs is 1. The zero-order valence-corrected chi connectivity index (χ0v) is 20.7. The molecule has 0 spiro atoms. The van der Waals surface area contributed by atoms with Crippen molar-refractivity contribution in [2.24, 2.45) is 0 Å². The van der Waals surface area contributed by atoms with Crippen LogP contribution in [0.15, 0.2) is 24.3 Å². The van der Waals surface area contributed by atoms with Crippen LogP contribution in [0.4, 0.5) is 5.82 Å². The van der Waals surface area contributed by atoms with Crippen molar-refractivity contribution >= 4 is 29.4 Å². The van der Waals surface area contributed by atoms with Gasteiger partial charge in [-0.2, -0.15) is 5.10 Å². The number of carbonyl (C=O) groups excluding carboxylic acids is 4. The lowest BCUT2D eigenvalue weighted by Gasteiger charge is -2.32. The highest BCUT2D eigenvalue weighted by molar-refractivity contribution is 6.23. The average Bonchev–Trinajstić information content (AvgIpc) is 3.49. The van der Waals surface area contributed by atoms with Crippen molar-refractivity contribution in [2.75, 3.05) is 44.2 Å². The predicted octanol–water partition coefficient (Wildman–Crippen LogP) is 0.600. The third kappa shape index (κ3) is 4.53. The highest BCUT2D eigenvalue weighted by Gasteiger charge is 2.44. The van der Waals surface area contributed by atoms with Gasteiger partial charge in [-0.15, -0.1) is 0 Å². The van der Waals surface area contributed by atoms with Crippen molar-refractivity contribution in [3.63, 3.8) is 0 Å². The van der Waals surface area contributed by atoms with Crippen LogP contribution in [0.5, 0.6) is 0 Å². The zero-order valence-electron chi connectivity index (χ0n) is 20.7. The van der Waals surface area contributed by atoms with Crippen molar-refractivity contribution in [1.82, 2.24) is 30.6 Å². The molecular weight excluding hydrogens is 474 g/mol. The Labute approximate surface area is 214 Å². The summed E-state index contributed by atoms with van der Waals surface area (Å²) < 4.78 is 0. The first kappa shape index (κ1) is 23.8. The molecule has 2 atom stereocenters. The quantitative estimate of drug-likeness (QED) is 0.504. The standard InChI is InChI=1S/C26H31N7O4/c34-23-6-5-21(24(35)28-23)33-25(36)18-4-3-16(12-19(18)26(33)37)14-31-9-1-2-17(15-31)20-13-22(30-29-20)32-10-7-27-8-11-32/h3-4,12-13,17,21,27H,1-2,5-11,14-15H2,(H,29,30)(H,28,34,35). The number of aromatic amines is 1. The first-order valence-corrected chi connectivity index (χ1v) is 13.1. The number of imide groups is 2. The smallest absolute Gasteiger partial charge is 0.262 e. The number of carbonyl (C=O) groups is 4. The summed E-state index contributed by atoms with van der Waals surface area (Å²) in [6, 6.07) is 6.59. The number of benzene rings is 1. The highest BCUT2D eigenvalue weighted by Crippen LogP contribution is 2.31. The summed E-state index contributed by atoms with van der Waals surface area (Å²) in [4.78, 5) is 55.6. The molecule has 2 aromatic rings. The Bertz CT molecular complexity index is 1250. The molecule has 3 fully saturated rings. The van der Waals surface area contributed by atoms with E-state index in [9.17, 15) is 19.2 Å². The van der Waals surface area contributed by atoms with E-state index in [0.29, 0.717) is 23.6 Å². The fourth-order valence-corrected chi connectivity index (χ4v) is 5.92. The Hall–Kier alpha value is -3.57. The lowest BCUT2D eigenvalue weighted by Crippen LogP contribution is -2.54. The number of anilines is 1. The van der Waals surface area contributed by atoms with Crippen LogP contribution in [-0.2, 0) is 16.1 Å². The number of amides is 4. The van der Waals surface area contributed by atoms with Crippen LogP contribution in [0.25, 0.3) is 0 Å². The molecule has 194 valence electrons. The summed E-state index contributed by atoms with van der Waals surface area (Å²) in [6.45, 7) is 6.38. The van der Waals surface area contributed by atoms with Gasteiger partial charge in [0.25, 0.3) is 11.8 Å². The van der Waals surface area contributed by atoms with Gasteiger partial charge in [-0.1, -0.05) is 6.07 Å². The molecule has 5 heterocycles. The number of likely N-dealkylation sites (tertiary alicyclic amines) is 1. The Balaban J connectivity index is 1.13. The van der Waals surface area contributed by atoms with E-state index in [-0.39, 0.29) is 18.7 Å². The number of aromatic nitrogens is 2. The number of rotatable bonds is 5. The Morgan fingerprint density at radius 2 is 1.76 bits per heavy atom. The second-order valence-electron chi connectivity index (χ2n) is 10.3. The van der Waals surface area contributed by atoms with Crippen molar-refractivity contribution < 1.29 is 19.2 Å². The number of hydrogen-bond acceptors (Lipinski definition) is 8. The number of piperidine rings is 2. The van der Waals surface area contributed by atoms with Crippen molar-refractivity contribution in [3.05, 3.63) is 46.6 Å². The summed E-state index contributed by atoms with van der Waals surface area (Å²) in [6.07, 6.45) is 2.43. The van der Waals surface area contributed by atoms with E-state index in [2.05, 4.69) is 36.7 Å². The highest BCUT2D eigenvalue weighted by atomic mass is 16.2. The number of nitrogens with one attached hydrogen (secondary N) is 3. The van der Waals surface area contributed by atoms with E-state index in [1.807, 2.05) is 6.07 Å². The minimum Gasteiger partial charge on any atom is -0.353 e. The summed E-state index contributed by atoms with van der Waals surface area (Å²) in [5.74, 6) is -0.543. The molecule has 4 amide bonds. The normalized spacial score (nSPS) is 25.0. The molecule has 37 heavy (non-hydrogen) atoms. The van der Waals surface area contributed by atoms with E-state index < -0.39 is 23.8 Å². The second kappa shape index (κ2) is 9.71. The number of nitrogens with zero attached hydrogens (tertiary/aromatic N) is 4. The van der Waals surface area contributed by atoms with Gasteiger partial charge in [0.05, 0.1) is 11.1 Å². The van der Waals surface area contributed by atoms with E-state index >= 15 is 0 Å². The second-order valence-corrected chi connectivity index (χ2v) is 10.3. The maximum Gasteiger partial charge on any atom is 0.262 e. The van der Waals surface area contributed by atoms with Crippen molar-refractivity contribution in [2.45, 2.75) is 44.2 Å². The first-order chi connectivity index (χ1) is 18.0. The first-order valence-electron chi connectivity index (χ1n) is 13.1. The fraction of sp³-hybridized carbons (Fsp3) is 0.500. The maximum absolute atomic E-state index is 13.2. The van der Waals surface area contributed by atoms with Crippen LogP contribution in [0, 0.1) is 0 Å². The molecule has 2 unspecified atom stereocenters. The molecule has 6 rings (SSSR count). The average molecular weight is 506 g/mol. The molecule has 0 bridgehead atoms. The van der Waals surface area contributed by atoms with E-state index in [1.54, 1.807) is 12.1 Å². The summed E-state index contributed by atoms with van der Waals surface area (Å²) >= 11 is 0. The molecule has 4 aliphatic rings. The van der Waals surface area contributed by atoms with Gasteiger partial charge < -0.3 is 10.2 Å². The number of hydrogen-bond donors (Lipinski definition) is 3. The molecule has 3 N–H and O–H groups in total. The zero-order chi connectivity index (χ0) is 25.5. The molecule has 11 heteroatoms. The van der Waals surface area contributed by atoms with Crippen molar-refractivity contribution in [1.29, 1.82) is 0 Å². The van der Waals surface area contributed by atoms with Gasteiger partial charge in [0.1, 0.15) is 6.04 Å². The Morgan fingerprint density at radius 1 is 0.946 bits per heavy atom. The number of H-pyrrole nitrogens is 1. The van der Waals surface area contributed by atoms with Crippen LogP contribution < -0.4 is 15.5 Å². The van der Waals surface area contributed by atoms with Crippen LogP contribution in [0.2, 0.25) is 0 Å². The lowest BCUT2D eigenvalue weighted by molar-refractivity contribution is -0.136. The monoisotopic (exact) mass is 505 g/mol. The minimum atomic E-state index is -0.947. The van der Waals surface area contributed by atoms with Gasteiger partial charge in [-0.3, -0.25) is 39.4 Å². The summed E-state index contributed by atoms with van der Waals surface area (Å²) in [7, 11) is 0. The molecule has 1 aromatic carbocycles. The van der Waals surface area contributed by atoms with E-state index in [4.69, 9.17) is 0 Å². The van der Waals surface area contributed by atoms with Gasteiger partial charge in [0, 0.05) is 63.4 Å². The maximum atomic E-state index is 13.2.